The number of rotatable bonds is 8. The van der Waals surface area contributed by atoms with E-state index < -0.39 is 48.6 Å². The molecule has 0 amide bonds. The fourth-order valence-corrected chi connectivity index (χ4v) is 3.91. The van der Waals surface area contributed by atoms with Crippen LogP contribution in [0.3, 0.4) is 0 Å². The zero-order valence-electron chi connectivity index (χ0n) is 20.1. The Hall–Kier alpha value is -2.35. The minimum atomic E-state index is -2.90. The Balaban J connectivity index is 2.01. The first-order valence-electron chi connectivity index (χ1n) is 11.3. The second-order valence-corrected chi connectivity index (χ2v) is 9.10. The van der Waals surface area contributed by atoms with Crippen molar-refractivity contribution in [2.75, 3.05) is 6.61 Å². The molecule has 3 rings (SSSR count). The minimum Gasteiger partial charge on any atom is -0.488 e. The predicted molar refractivity (Wildman–Crippen MR) is 118 cm³/mol. The van der Waals surface area contributed by atoms with Crippen molar-refractivity contribution in [1.29, 1.82) is 0 Å². The lowest BCUT2D eigenvalue weighted by Gasteiger charge is -2.43. The van der Waals surface area contributed by atoms with Gasteiger partial charge in [0, 0.05) is 23.7 Å². The lowest BCUT2D eigenvalue weighted by atomic mass is 9.98. The number of hydrogen-bond acceptors (Lipinski definition) is 9. The Labute approximate surface area is 201 Å². The van der Waals surface area contributed by atoms with Crippen molar-refractivity contribution in [1.82, 2.24) is 9.78 Å². The molecule has 5 N–H and O–H groups in total. The van der Waals surface area contributed by atoms with Gasteiger partial charge in [0.2, 0.25) is 11.7 Å². The number of aliphatic hydroxyl groups excluding tert-OH is 4. The Bertz CT molecular complexity index is 1050. The highest BCUT2D eigenvalue weighted by Crippen LogP contribution is 2.35. The van der Waals surface area contributed by atoms with E-state index in [2.05, 4.69) is 5.10 Å². The molecule has 1 fully saturated rings. The van der Waals surface area contributed by atoms with Gasteiger partial charge in [-0.15, -0.1) is 5.10 Å². The molecule has 1 aliphatic heterocycles. The van der Waals surface area contributed by atoms with Gasteiger partial charge >= 0.3 is 5.97 Å². The highest BCUT2D eigenvalue weighted by atomic mass is 19.2. The van der Waals surface area contributed by atoms with Gasteiger partial charge in [0.25, 0.3) is 0 Å². The summed E-state index contributed by atoms with van der Waals surface area (Å²) in [6.45, 7) is 7.86. The molecule has 0 bridgehead atoms. The molecule has 12 heteroatoms. The van der Waals surface area contributed by atoms with Gasteiger partial charge in [-0.3, -0.25) is 4.68 Å². The molecule has 10 nitrogen and oxygen atoms in total. The Morgan fingerprint density at radius 1 is 1.11 bits per heavy atom. The summed E-state index contributed by atoms with van der Waals surface area (Å²) in [5, 5.41) is 54.9. The van der Waals surface area contributed by atoms with Crippen LogP contribution in [-0.2, 0) is 11.2 Å². The molecule has 0 saturated carbocycles. The number of aliphatic hydroxyl groups is 5. The van der Waals surface area contributed by atoms with Crippen LogP contribution in [0, 0.1) is 18.6 Å². The molecule has 196 valence electrons. The number of benzene rings is 1. The maximum atomic E-state index is 14.9. The van der Waals surface area contributed by atoms with Crippen LogP contribution in [0.5, 0.6) is 11.6 Å². The summed E-state index contributed by atoms with van der Waals surface area (Å²) in [5.41, 5.74) is 0.709. The summed E-state index contributed by atoms with van der Waals surface area (Å²) in [6, 6.07) is 2.47. The van der Waals surface area contributed by atoms with Crippen LogP contribution in [-0.4, -0.2) is 78.4 Å². The molecule has 35 heavy (non-hydrogen) atoms. The van der Waals surface area contributed by atoms with Crippen molar-refractivity contribution in [3.8, 4) is 11.6 Å². The molecule has 0 aliphatic carbocycles. The summed E-state index contributed by atoms with van der Waals surface area (Å²) in [7, 11) is 0. The summed E-state index contributed by atoms with van der Waals surface area (Å²) in [5.74, 6) is -5.69. The Kier molecular flexibility index (Phi) is 8.04. The van der Waals surface area contributed by atoms with Crippen LogP contribution in [0.4, 0.5) is 8.78 Å². The molecule has 2 heterocycles. The lowest BCUT2D eigenvalue weighted by Crippen LogP contribution is -2.67. The van der Waals surface area contributed by atoms with Gasteiger partial charge in [0.05, 0.1) is 12.7 Å². The SMILES string of the molecule is Cc1c(Cc2ccc(OC(C)C)c(F)c2F)c(O[C@@]2(O)O[C@H](CO)[C@@H](O)[C@H](O)[C@H]2O)nn1C(C)C. The van der Waals surface area contributed by atoms with Crippen molar-refractivity contribution < 1.29 is 48.5 Å². The van der Waals surface area contributed by atoms with E-state index >= 15 is 0 Å². The molecular weight excluding hydrogens is 470 g/mol. The normalized spacial score (nSPS) is 27.0. The van der Waals surface area contributed by atoms with Gasteiger partial charge < -0.3 is 39.7 Å². The van der Waals surface area contributed by atoms with Gasteiger partial charge in [-0.1, -0.05) is 6.07 Å². The van der Waals surface area contributed by atoms with Crippen LogP contribution >= 0.6 is 0 Å². The van der Waals surface area contributed by atoms with E-state index in [0.717, 1.165) is 0 Å². The molecule has 1 saturated heterocycles. The van der Waals surface area contributed by atoms with E-state index in [1.807, 2.05) is 13.8 Å². The molecule has 0 unspecified atom stereocenters. The molecule has 0 spiro atoms. The van der Waals surface area contributed by atoms with E-state index in [1.54, 1.807) is 20.8 Å². The predicted octanol–water partition coefficient (Wildman–Crippen LogP) is 0.927. The molecule has 5 atom stereocenters. The van der Waals surface area contributed by atoms with E-state index in [1.165, 1.54) is 16.8 Å². The van der Waals surface area contributed by atoms with Crippen molar-refractivity contribution in [3.63, 3.8) is 0 Å². The van der Waals surface area contributed by atoms with Crippen LogP contribution < -0.4 is 9.47 Å². The highest BCUT2D eigenvalue weighted by molar-refractivity contribution is 5.40. The van der Waals surface area contributed by atoms with Crippen LogP contribution in [0.2, 0.25) is 0 Å². The second-order valence-electron chi connectivity index (χ2n) is 9.10. The fraction of sp³-hybridized carbons (Fsp3) is 0.609. The second kappa shape index (κ2) is 10.3. The third kappa shape index (κ3) is 5.27. The number of nitrogens with zero attached hydrogens (tertiary/aromatic N) is 2. The largest absolute Gasteiger partial charge is 0.488 e. The molecule has 0 radical (unpaired) electrons. The van der Waals surface area contributed by atoms with Gasteiger partial charge in [-0.25, -0.2) is 4.39 Å². The first-order chi connectivity index (χ1) is 16.3. The smallest absolute Gasteiger partial charge is 0.356 e. The van der Waals surface area contributed by atoms with E-state index in [-0.39, 0.29) is 41.3 Å². The maximum Gasteiger partial charge on any atom is 0.356 e. The lowest BCUT2D eigenvalue weighted by molar-refractivity contribution is -0.423. The summed E-state index contributed by atoms with van der Waals surface area (Å²) in [6.07, 6.45) is -7.80. The molecular formula is C23H32F2N2O8. The molecule has 1 aromatic carbocycles. The van der Waals surface area contributed by atoms with Gasteiger partial charge in [-0.2, -0.15) is 4.39 Å². The average molecular weight is 503 g/mol. The first-order valence-corrected chi connectivity index (χ1v) is 11.3. The average Bonchev–Trinajstić information content (AvgIpc) is 3.09. The van der Waals surface area contributed by atoms with Gasteiger partial charge in [0.15, 0.2) is 17.7 Å². The third-order valence-corrected chi connectivity index (χ3v) is 5.75. The van der Waals surface area contributed by atoms with Crippen molar-refractivity contribution >= 4 is 0 Å². The molecule has 1 aromatic heterocycles. The van der Waals surface area contributed by atoms with Crippen LogP contribution in [0.1, 0.15) is 50.6 Å². The molecule has 2 aromatic rings. The number of aromatic nitrogens is 2. The topological polar surface area (TPSA) is 147 Å². The summed E-state index contributed by atoms with van der Waals surface area (Å²) >= 11 is 0. The first kappa shape index (κ1) is 27.2. The van der Waals surface area contributed by atoms with Crippen molar-refractivity contribution in [2.45, 2.75) is 83.6 Å². The van der Waals surface area contributed by atoms with Crippen molar-refractivity contribution in [2.24, 2.45) is 0 Å². The minimum absolute atomic E-state index is 0.0457. The van der Waals surface area contributed by atoms with Crippen LogP contribution in [0.25, 0.3) is 0 Å². The van der Waals surface area contributed by atoms with Gasteiger partial charge in [-0.05, 0) is 46.2 Å². The number of halogens is 2. The fourth-order valence-electron chi connectivity index (χ4n) is 3.91. The zero-order valence-corrected chi connectivity index (χ0v) is 20.1. The summed E-state index contributed by atoms with van der Waals surface area (Å²) in [4.78, 5) is 0. The number of ether oxygens (including phenoxy) is 3. The van der Waals surface area contributed by atoms with E-state index in [9.17, 15) is 34.3 Å². The zero-order chi connectivity index (χ0) is 26.2. The highest BCUT2D eigenvalue weighted by Gasteiger charge is 2.55. The van der Waals surface area contributed by atoms with Crippen LogP contribution in [0.15, 0.2) is 12.1 Å². The standard InChI is InChI=1S/C23H32F2N2O8/c1-10(2)27-12(5)14(8-13-6-7-15(33-11(3)4)18(25)17(13)24)22(26-27)35-23(32)21(31)20(30)19(29)16(9-28)34-23/h6-7,10-11,16,19-21,28-32H,8-9H2,1-5H3/t16-,19-,20+,21-,23+/m1/s1. The van der Waals surface area contributed by atoms with E-state index in [0.29, 0.717) is 5.69 Å². The van der Waals surface area contributed by atoms with Gasteiger partial charge in [0.1, 0.15) is 18.3 Å². The van der Waals surface area contributed by atoms with E-state index in [4.69, 9.17) is 14.2 Å². The molecule has 1 aliphatic rings. The quantitative estimate of drug-likeness (QED) is 0.333. The maximum absolute atomic E-state index is 14.9. The third-order valence-electron chi connectivity index (χ3n) is 5.75. The van der Waals surface area contributed by atoms with Crippen molar-refractivity contribution in [3.05, 3.63) is 40.6 Å². The summed E-state index contributed by atoms with van der Waals surface area (Å²) < 4.78 is 46.9. The Morgan fingerprint density at radius 3 is 2.34 bits per heavy atom. The monoisotopic (exact) mass is 502 g/mol. The number of hydrogen-bond donors (Lipinski definition) is 5. The Morgan fingerprint density at radius 2 is 1.77 bits per heavy atom.